The molecule has 0 atom stereocenters. The molecular weight excluding hydrogens is 208 g/mol. The lowest BCUT2D eigenvalue weighted by atomic mass is 10.2. The molecule has 5 nitrogen and oxygen atoms in total. The van der Waals surface area contributed by atoms with Gasteiger partial charge < -0.3 is 15.3 Å². The van der Waals surface area contributed by atoms with Crippen molar-refractivity contribution in [3.63, 3.8) is 0 Å². The van der Waals surface area contributed by atoms with Crippen molar-refractivity contribution in [3.8, 4) is 0 Å². The Hall–Kier alpha value is -1.36. The molecule has 0 unspecified atom stereocenters. The fraction of sp³-hybridized carbons (Fsp3) is 0.636. The van der Waals surface area contributed by atoms with E-state index in [0.717, 1.165) is 0 Å². The molecule has 5 heteroatoms. The van der Waals surface area contributed by atoms with Crippen molar-refractivity contribution < 1.29 is 14.7 Å². The van der Waals surface area contributed by atoms with Gasteiger partial charge in [-0.3, -0.25) is 9.59 Å². The number of rotatable bonds is 8. The van der Waals surface area contributed by atoms with E-state index in [2.05, 4.69) is 11.9 Å². The highest BCUT2D eigenvalue weighted by Crippen LogP contribution is 1.98. The summed E-state index contributed by atoms with van der Waals surface area (Å²) in [6.07, 6.45) is 1.65. The van der Waals surface area contributed by atoms with Crippen LogP contribution in [0.1, 0.15) is 13.8 Å². The van der Waals surface area contributed by atoms with Gasteiger partial charge in [0.2, 0.25) is 5.91 Å². The topological polar surface area (TPSA) is 69.6 Å². The van der Waals surface area contributed by atoms with Crippen molar-refractivity contribution in [3.05, 3.63) is 12.7 Å². The van der Waals surface area contributed by atoms with Gasteiger partial charge in [0.25, 0.3) is 0 Å². The zero-order valence-corrected chi connectivity index (χ0v) is 9.90. The lowest BCUT2D eigenvalue weighted by Crippen LogP contribution is -2.42. The number of carboxylic acids is 1. The second kappa shape index (κ2) is 7.87. The average molecular weight is 228 g/mol. The van der Waals surface area contributed by atoms with Crippen molar-refractivity contribution >= 4 is 11.9 Å². The number of nitrogens with zero attached hydrogens (tertiary/aromatic N) is 1. The molecular formula is C11H20N2O3. The summed E-state index contributed by atoms with van der Waals surface area (Å²) in [5, 5.41) is 11.5. The van der Waals surface area contributed by atoms with Crippen LogP contribution in [0.15, 0.2) is 12.7 Å². The van der Waals surface area contributed by atoms with Gasteiger partial charge in [0.15, 0.2) is 0 Å². The van der Waals surface area contributed by atoms with Crippen LogP contribution in [-0.4, -0.2) is 48.1 Å². The van der Waals surface area contributed by atoms with E-state index in [1.807, 2.05) is 13.8 Å². The number of carbonyl (C=O) groups excluding carboxylic acids is 1. The molecule has 0 aromatic carbocycles. The van der Waals surface area contributed by atoms with Crippen LogP contribution in [0.5, 0.6) is 0 Å². The molecule has 92 valence electrons. The van der Waals surface area contributed by atoms with Gasteiger partial charge in [-0.2, -0.15) is 0 Å². The highest BCUT2D eigenvalue weighted by molar-refractivity contribution is 5.82. The fourth-order valence-corrected chi connectivity index (χ4v) is 1.25. The quantitative estimate of drug-likeness (QED) is 0.464. The maximum Gasteiger partial charge on any atom is 0.323 e. The molecule has 0 heterocycles. The summed E-state index contributed by atoms with van der Waals surface area (Å²) >= 11 is 0. The third-order valence-electron chi connectivity index (χ3n) is 1.83. The van der Waals surface area contributed by atoms with E-state index >= 15 is 0 Å². The van der Waals surface area contributed by atoms with Crippen LogP contribution in [0, 0.1) is 5.92 Å². The number of nitrogens with one attached hydrogen (secondary N) is 1. The molecule has 0 radical (unpaired) electrons. The Morgan fingerprint density at radius 3 is 2.56 bits per heavy atom. The smallest absolute Gasteiger partial charge is 0.323 e. The van der Waals surface area contributed by atoms with Crippen molar-refractivity contribution in [2.75, 3.05) is 26.2 Å². The summed E-state index contributed by atoms with van der Waals surface area (Å²) in [6, 6.07) is 0. The Kier molecular flexibility index (Phi) is 7.20. The van der Waals surface area contributed by atoms with Crippen LogP contribution >= 0.6 is 0 Å². The van der Waals surface area contributed by atoms with E-state index in [-0.39, 0.29) is 24.9 Å². The highest BCUT2D eigenvalue weighted by atomic mass is 16.4. The summed E-state index contributed by atoms with van der Waals surface area (Å²) in [5.74, 6) is -0.932. The number of aliphatic carboxylic acids is 1. The number of amides is 1. The van der Waals surface area contributed by atoms with Gasteiger partial charge in [0.05, 0.1) is 6.54 Å². The molecule has 0 bridgehead atoms. The first-order valence-corrected chi connectivity index (χ1v) is 5.28. The molecule has 0 aromatic heterocycles. The van der Waals surface area contributed by atoms with Crippen LogP contribution in [0.2, 0.25) is 0 Å². The molecule has 0 rings (SSSR count). The molecule has 0 fully saturated rings. The minimum atomic E-state index is -0.988. The summed E-state index contributed by atoms with van der Waals surface area (Å²) in [6.45, 7) is 8.30. The van der Waals surface area contributed by atoms with E-state index < -0.39 is 5.97 Å². The summed E-state index contributed by atoms with van der Waals surface area (Å²) in [4.78, 5) is 23.6. The predicted octanol–water partition coefficient (Wildman–Crippen LogP) is 0.331. The minimum Gasteiger partial charge on any atom is -0.480 e. The van der Waals surface area contributed by atoms with Crippen molar-refractivity contribution in [1.82, 2.24) is 10.2 Å². The molecule has 0 aliphatic carbocycles. The molecule has 1 amide bonds. The van der Waals surface area contributed by atoms with Gasteiger partial charge in [-0.05, 0) is 5.92 Å². The normalized spacial score (nSPS) is 10.2. The van der Waals surface area contributed by atoms with Gasteiger partial charge in [-0.15, -0.1) is 6.58 Å². The standard InChI is InChI=1S/C11H20N2O3/c1-4-5-12-6-10(14)13(7-9(2)3)8-11(15)16/h4,9,12H,1,5-8H2,2-3H3,(H,15,16). The molecule has 0 saturated carbocycles. The van der Waals surface area contributed by atoms with Crippen molar-refractivity contribution in [2.24, 2.45) is 5.92 Å². The molecule has 0 aromatic rings. The molecule has 0 spiro atoms. The van der Waals surface area contributed by atoms with Crippen molar-refractivity contribution in [1.29, 1.82) is 0 Å². The molecule has 0 saturated heterocycles. The predicted molar refractivity (Wildman–Crippen MR) is 62.1 cm³/mol. The second-order valence-corrected chi connectivity index (χ2v) is 3.98. The number of carbonyl (C=O) groups is 2. The first-order chi connectivity index (χ1) is 7.47. The minimum absolute atomic E-state index is 0.145. The summed E-state index contributed by atoms with van der Waals surface area (Å²) in [5.41, 5.74) is 0. The van der Waals surface area contributed by atoms with E-state index in [1.165, 1.54) is 4.90 Å². The largest absolute Gasteiger partial charge is 0.480 e. The monoisotopic (exact) mass is 228 g/mol. The zero-order valence-electron chi connectivity index (χ0n) is 9.90. The van der Waals surface area contributed by atoms with Crippen LogP contribution in [0.3, 0.4) is 0 Å². The number of hydrogen-bond acceptors (Lipinski definition) is 3. The molecule has 0 aliphatic rings. The highest BCUT2D eigenvalue weighted by Gasteiger charge is 2.16. The third kappa shape index (κ3) is 7.00. The van der Waals surface area contributed by atoms with E-state index in [0.29, 0.717) is 13.1 Å². The van der Waals surface area contributed by atoms with Gasteiger partial charge in [0.1, 0.15) is 6.54 Å². The first-order valence-electron chi connectivity index (χ1n) is 5.28. The number of hydrogen-bond donors (Lipinski definition) is 2. The zero-order chi connectivity index (χ0) is 12.6. The van der Waals surface area contributed by atoms with Crippen LogP contribution in [-0.2, 0) is 9.59 Å². The summed E-state index contributed by atoms with van der Waals surface area (Å²) in [7, 11) is 0. The van der Waals surface area contributed by atoms with Crippen LogP contribution in [0.4, 0.5) is 0 Å². The van der Waals surface area contributed by atoms with Crippen LogP contribution < -0.4 is 5.32 Å². The Bertz CT molecular complexity index is 252. The third-order valence-corrected chi connectivity index (χ3v) is 1.83. The first kappa shape index (κ1) is 14.6. The fourth-order valence-electron chi connectivity index (χ4n) is 1.25. The second-order valence-electron chi connectivity index (χ2n) is 3.98. The molecule has 2 N–H and O–H groups in total. The SMILES string of the molecule is C=CCNCC(=O)N(CC(=O)O)CC(C)C. The van der Waals surface area contributed by atoms with Crippen LogP contribution in [0.25, 0.3) is 0 Å². The van der Waals surface area contributed by atoms with Gasteiger partial charge in [-0.1, -0.05) is 19.9 Å². The lowest BCUT2D eigenvalue weighted by molar-refractivity contribution is -0.144. The maximum absolute atomic E-state index is 11.7. The Labute approximate surface area is 96.1 Å². The Morgan fingerprint density at radius 1 is 1.50 bits per heavy atom. The average Bonchev–Trinajstić information content (AvgIpc) is 2.15. The van der Waals surface area contributed by atoms with Gasteiger partial charge in [-0.25, -0.2) is 0 Å². The van der Waals surface area contributed by atoms with Gasteiger partial charge in [0, 0.05) is 13.1 Å². The Balaban J connectivity index is 4.19. The molecule has 16 heavy (non-hydrogen) atoms. The van der Waals surface area contributed by atoms with E-state index in [1.54, 1.807) is 6.08 Å². The number of carboxylic acid groups (broad SMARTS) is 1. The van der Waals surface area contributed by atoms with E-state index in [4.69, 9.17) is 5.11 Å². The summed E-state index contributed by atoms with van der Waals surface area (Å²) < 4.78 is 0. The maximum atomic E-state index is 11.7. The molecule has 0 aliphatic heterocycles. The van der Waals surface area contributed by atoms with E-state index in [9.17, 15) is 9.59 Å². The van der Waals surface area contributed by atoms with Crippen molar-refractivity contribution in [2.45, 2.75) is 13.8 Å². The Morgan fingerprint density at radius 2 is 2.12 bits per heavy atom. The lowest BCUT2D eigenvalue weighted by Gasteiger charge is -2.22. The van der Waals surface area contributed by atoms with Gasteiger partial charge >= 0.3 is 5.97 Å².